The largest absolute Gasteiger partial charge is 0.326 e. The van der Waals surface area contributed by atoms with Gasteiger partial charge in [-0.3, -0.25) is 14.9 Å². The lowest BCUT2D eigenvalue weighted by molar-refractivity contribution is -0.885. The van der Waals surface area contributed by atoms with Crippen LogP contribution in [0.15, 0.2) is 48.5 Å². The van der Waals surface area contributed by atoms with E-state index in [0.717, 1.165) is 10.5 Å². The van der Waals surface area contributed by atoms with Crippen LogP contribution in [0.4, 0.5) is 15.8 Å². The molecule has 0 fully saturated rings. The van der Waals surface area contributed by atoms with Gasteiger partial charge in [0.1, 0.15) is 12.4 Å². The second-order valence-corrected chi connectivity index (χ2v) is 5.29. The molecule has 0 aliphatic carbocycles. The highest BCUT2D eigenvalue weighted by atomic mass is 19.1. The third-order valence-electron chi connectivity index (χ3n) is 3.24. The van der Waals surface area contributed by atoms with Gasteiger partial charge in [0.05, 0.1) is 12.0 Å². The van der Waals surface area contributed by atoms with Crippen LogP contribution in [0.3, 0.4) is 0 Å². The maximum Gasteiger partial charge on any atom is 0.279 e. The van der Waals surface area contributed by atoms with Crippen molar-refractivity contribution in [3.63, 3.8) is 0 Å². The van der Waals surface area contributed by atoms with Crippen molar-refractivity contribution in [3.8, 4) is 0 Å². The van der Waals surface area contributed by atoms with Crippen molar-refractivity contribution < 1.29 is 19.0 Å². The molecule has 1 unspecified atom stereocenters. The Morgan fingerprint density at radius 1 is 1.17 bits per heavy atom. The van der Waals surface area contributed by atoms with E-state index in [9.17, 15) is 19.3 Å². The van der Waals surface area contributed by atoms with E-state index < -0.39 is 4.92 Å². The number of halogens is 1. The molecule has 0 heterocycles. The van der Waals surface area contributed by atoms with E-state index in [0.29, 0.717) is 12.2 Å². The van der Waals surface area contributed by atoms with Crippen molar-refractivity contribution in [2.24, 2.45) is 0 Å². The van der Waals surface area contributed by atoms with E-state index in [2.05, 4.69) is 5.32 Å². The lowest BCUT2D eigenvalue weighted by Crippen LogP contribution is -3.08. The first kappa shape index (κ1) is 16.6. The molecule has 0 aromatic heterocycles. The molecule has 23 heavy (non-hydrogen) atoms. The molecule has 6 nitrogen and oxygen atoms in total. The lowest BCUT2D eigenvalue weighted by Gasteiger charge is -2.14. The number of non-ortho nitro benzene ring substituents is 1. The number of benzene rings is 2. The zero-order valence-corrected chi connectivity index (χ0v) is 12.6. The van der Waals surface area contributed by atoms with Crippen molar-refractivity contribution >= 4 is 17.3 Å². The molecule has 120 valence electrons. The fourth-order valence-electron chi connectivity index (χ4n) is 2.16. The Morgan fingerprint density at radius 2 is 1.78 bits per heavy atom. The van der Waals surface area contributed by atoms with Crippen molar-refractivity contribution in [1.82, 2.24) is 0 Å². The van der Waals surface area contributed by atoms with Gasteiger partial charge >= 0.3 is 0 Å². The monoisotopic (exact) mass is 318 g/mol. The maximum atomic E-state index is 12.8. The van der Waals surface area contributed by atoms with Crippen molar-refractivity contribution in [2.75, 3.05) is 18.9 Å². The minimum atomic E-state index is -0.448. The average molecular weight is 318 g/mol. The Balaban J connectivity index is 1.86. The minimum absolute atomic E-state index is 0.0421. The van der Waals surface area contributed by atoms with Crippen LogP contribution in [-0.2, 0) is 11.3 Å². The van der Waals surface area contributed by atoms with Crippen LogP contribution < -0.4 is 10.2 Å². The Labute approximate surface area is 132 Å². The number of quaternary nitrogens is 1. The normalized spacial score (nSPS) is 11.7. The van der Waals surface area contributed by atoms with Crippen molar-refractivity contribution in [3.05, 3.63) is 70.0 Å². The number of nitrogens with one attached hydrogen (secondary N) is 2. The summed E-state index contributed by atoms with van der Waals surface area (Å²) in [6, 6.07) is 11.8. The van der Waals surface area contributed by atoms with Gasteiger partial charge < -0.3 is 10.2 Å². The fourth-order valence-corrected chi connectivity index (χ4v) is 2.16. The molecule has 1 atom stereocenters. The van der Waals surface area contributed by atoms with Gasteiger partial charge in [0.25, 0.3) is 11.6 Å². The van der Waals surface area contributed by atoms with Crippen LogP contribution in [0, 0.1) is 15.9 Å². The van der Waals surface area contributed by atoms with Gasteiger partial charge in [0.2, 0.25) is 0 Å². The lowest BCUT2D eigenvalue weighted by atomic mass is 10.2. The molecule has 0 saturated carbocycles. The van der Waals surface area contributed by atoms with Crippen molar-refractivity contribution in [2.45, 2.75) is 6.54 Å². The molecule has 0 aliphatic rings. The van der Waals surface area contributed by atoms with Crippen LogP contribution in [0.1, 0.15) is 5.56 Å². The van der Waals surface area contributed by atoms with Gasteiger partial charge in [-0.2, -0.15) is 0 Å². The average Bonchev–Trinajstić information content (AvgIpc) is 2.50. The highest BCUT2D eigenvalue weighted by Gasteiger charge is 2.12. The van der Waals surface area contributed by atoms with E-state index in [1.54, 1.807) is 12.1 Å². The number of rotatable bonds is 6. The standard InChI is InChI=1S/C16H16FN3O3/c1-19(10-12-2-8-15(9-3-12)20(22)23)11-16(21)18-14-6-4-13(17)5-7-14/h2-9H,10-11H2,1H3,(H,18,21)/p+1. The van der Waals surface area contributed by atoms with E-state index >= 15 is 0 Å². The number of nitro groups is 1. The van der Waals surface area contributed by atoms with E-state index in [4.69, 9.17) is 0 Å². The van der Waals surface area contributed by atoms with Crippen LogP contribution in [-0.4, -0.2) is 24.4 Å². The molecule has 2 rings (SSSR count). The first-order valence-corrected chi connectivity index (χ1v) is 7.04. The van der Waals surface area contributed by atoms with Gasteiger partial charge in [-0.05, 0) is 36.4 Å². The van der Waals surface area contributed by atoms with Gasteiger partial charge in [-0.1, -0.05) is 0 Å². The predicted octanol–water partition coefficient (Wildman–Crippen LogP) is 1.39. The zero-order valence-electron chi connectivity index (χ0n) is 12.6. The number of anilines is 1. The number of carbonyl (C=O) groups excluding carboxylic acids is 1. The molecule has 0 aliphatic heterocycles. The molecule has 0 radical (unpaired) electrons. The third-order valence-corrected chi connectivity index (χ3v) is 3.24. The summed E-state index contributed by atoms with van der Waals surface area (Å²) in [4.78, 5) is 23.0. The van der Waals surface area contributed by atoms with Crippen LogP contribution >= 0.6 is 0 Å². The topological polar surface area (TPSA) is 76.7 Å². The summed E-state index contributed by atoms with van der Waals surface area (Å²) in [6.45, 7) is 0.795. The first-order valence-electron chi connectivity index (χ1n) is 7.04. The molecule has 0 saturated heterocycles. The van der Waals surface area contributed by atoms with E-state index in [1.165, 1.54) is 36.4 Å². The van der Waals surface area contributed by atoms with Crippen LogP contribution in [0.5, 0.6) is 0 Å². The number of hydrogen-bond donors (Lipinski definition) is 2. The third kappa shape index (κ3) is 5.15. The minimum Gasteiger partial charge on any atom is -0.326 e. The van der Waals surface area contributed by atoms with Gasteiger partial charge in [-0.25, -0.2) is 4.39 Å². The number of hydrogen-bond acceptors (Lipinski definition) is 3. The van der Waals surface area contributed by atoms with Crippen LogP contribution in [0.25, 0.3) is 0 Å². The first-order chi connectivity index (χ1) is 10.9. The SMILES string of the molecule is C[NH+](CC(=O)Nc1ccc(F)cc1)Cc1ccc([N+](=O)[O-])cc1. The Morgan fingerprint density at radius 3 is 2.35 bits per heavy atom. The van der Waals surface area contributed by atoms with Gasteiger partial charge in [0, 0.05) is 23.4 Å². The highest BCUT2D eigenvalue weighted by Crippen LogP contribution is 2.11. The molecule has 2 aromatic rings. The summed E-state index contributed by atoms with van der Waals surface area (Å²) >= 11 is 0. The highest BCUT2D eigenvalue weighted by molar-refractivity contribution is 5.91. The Hall–Kier alpha value is -2.80. The molecular weight excluding hydrogens is 301 g/mol. The molecule has 2 N–H and O–H groups in total. The van der Waals surface area contributed by atoms with Crippen LogP contribution in [0.2, 0.25) is 0 Å². The number of carbonyl (C=O) groups is 1. The maximum absolute atomic E-state index is 12.8. The number of likely N-dealkylation sites (N-methyl/N-ethyl adjacent to an activating group) is 1. The fraction of sp³-hybridized carbons (Fsp3) is 0.188. The summed E-state index contributed by atoms with van der Waals surface area (Å²) in [5.41, 5.74) is 1.49. The van der Waals surface area contributed by atoms with Gasteiger partial charge in [-0.15, -0.1) is 0 Å². The predicted molar refractivity (Wildman–Crippen MR) is 83.6 cm³/mol. The number of amides is 1. The summed E-state index contributed by atoms with van der Waals surface area (Å²) in [7, 11) is 1.85. The number of nitro benzene ring substituents is 1. The van der Waals surface area contributed by atoms with E-state index in [-0.39, 0.29) is 24.0 Å². The smallest absolute Gasteiger partial charge is 0.279 e. The molecule has 0 spiro atoms. The quantitative estimate of drug-likeness (QED) is 0.624. The van der Waals surface area contributed by atoms with Crippen molar-refractivity contribution in [1.29, 1.82) is 0 Å². The molecule has 1 amide bonds. The molecule has 7 heteroatoms. The second kappa shape index (κ2) is 7.46. The summed E-state index contributed by atoms with van der Waals surface area (Å²) < 4.78 is 12.8. The van der Waals surface area contributed by atoms with E-state index in [1.807, 2.05) is 7.05 Å². The Bertz CT molecular complexity index is 687. The summed E-state index contributed by atoms with van der Waals surface area (Å²) in [5, 5.41) is 13.3. The molecular formula is C16H17FN3O3+. The van der Waals surface area contributed by atoms with Gasteiger partial charge in [0.15, 0.2) is 6.54 Å². The second-order valence-electron chi connectivity index (χ2n) is 5.29. The summed E-state index contributed by atoms with van der Waals surface area (Å²) in [5.74, 6) is -0.542. The number of nitrogens with zero attached hydrogens (tertiary/aromatic N) is 1. The molecule has 2 aromatic carbocycles. The molecule has 0 bridgehead atoms. The summed E-state index contributed by atoms with van der Waals surface area (Å²) in [6.07, 6.45) is 0. The Kier molecular flexibility index (Phi) is 5.37. The zero-order chi connectivity index (χ0) is 16.8.